The van der Waals surface area contributed by atoms with Gasteiger partial charge < -0.3 is 10.4 Å². The Labute approximate surface area is 119 Å². The number of anilines is 1. The van der Waals surface area contributed by atoms with Crippen molar-refractivity contribution in [3.8, 4) is 0 Å². The van der Waals surface area contributed by atoms with Gasteiger partial charge in [0.05, 0.1) is 6.42 Å². The summed E-state index contributed by atoms with van der Waals surface area (Å²) in [4.78, 5) is 24.7. The SMILES string of the molecule is CCCC(CC(=O)O)NC(=O)N(CC)c1ccccc1. The van der Waals surface area contributed by atoms with Crippen molar-refractivity contribution in [2.24, 2.45) is 0 Å². The maximum Gasteiger partial charge on any atom is 0.322 e. The lowest BCUT2D eigenvalue weighted by atomic mass is 10.1. The summed E-state index contributed by atoms with van der Waals surface area (Å²) < 4.78 is 0. The normalized spacial score (nSPS) is 11.7. The first kappa shape index (κ1) is 16.0. The molecular formula is C15H22N2O3. The predicted molar refractivity (Wildman–Crippen MR) is 78.9 cm³/mol. The Morgan fingerprint density at radius 2 is 1.90 bits per heavy atom. The van der Waals surface area contributed by atoms with Gasteiger partial charge in [-0.1, -0.05) is 31.5 Å². The maximum atomic E-state index is 12.3. The molecule has 2 amide bonds. The van der Waals surface area contributed by atoms with Crippen LogP contribution in [0.15, 0.2) is 30.3 Å². The van der Waals surface area contributed by atoms with Crippen molar-refractivity contribution in [1.29, 1.82) is 0 Å². The van der Waals surface area contributed by atoms with Gasteiger partial charge >= 0.3 is 12.0 Å². The highest BCUT2D eigenvalue weighted by atomic mass is 16.4. The molecule has 1 aromatic carbocycles. The maximum absolute atomic E-state index is 12.3. The average Bonchev–Trinajstić information content (AvgIpc) is 2.40. The molecule has 0 spiro atoms. The van der Waals surface area contributed by atoms with Crippen molar-refractivity contribution in [3.63, 3.8) is 0 Å². The number of carboxylic acids is 1. The lowest BCUT2D eigenvalue weighted by Crippen LogP contribution is -2.45. The first-order chi connectivity index (χ1) is 9.58. The van der Waals surface area contributed by atoms with E-state index in [1.807, 2.05) is 44.2 Å². The zero-order valence-corrected chi connectivity index (χ0v) is 12.0. The molecule has 0 fully saturated rings. The fourth-order valence-electron chi connectivity index (χ4n) is 2.09. The zero-order valence-electron chi connectivity index (χ0n) is 12.0. The van der Waals surface area contributed by atoms with E-state index >= 15 is 0 Å². The van der Waals surface area contributed by atoms with Crippen LogP contribution in [0.25, 0.3) is 0 Å². The molecule has 0 saturated heterocycles. The van der Waals surface area contributed by atoms with Gasteiger partial charge in [-0.2, -0.15) is 0 Å². The molecule has 0 saturated carbocycles. The number of nitrogens with one attached hydrogen (secondary N) is 1. The van der Waals surface area contributed by atoms with Crippen LogP contribution in [-0.4, -0.2) is 29.7 Å². The van der Waals surface area contributed by atoms with E-state index in [0.717, 1.165) is 12.1 Å². The summed E-state index contributed by atoms with van der Waals surface area (Å²) in [6, 6.07) is 8.75. The van der Waals surface area contributed by atoms with Crippen molar-refractivity contribution < 1.29 is 14.7 Å². The van der Waals surface area contributed by atoms with E-state index < -0.39 is 5.97 Å². The molecule has 1 rings (SSSR count). The van der Waals surface area contributed by atoms with Crippen molar-refractivity contribution in [2.75, 3.05) is 11.4 Å². The summed E-state index contributed by atoms with van der Waals surface area (Å²) in [5.41, 5.74) is 0.804. The summed E-state index contributed by atoms with van der Waals surface area (Å²) in [5, 5.41) is 11.7. The van der Waals surface area contributed by atoms with Crippen LogP contribution in [0.2, 0.25) is 0 Å². The van der Waals surface area contributed by atoms with E-state index in [0.29, 0.717) is 13.0 Å². The minimum Gasteiger partial charge on any atom is -0.481 e. The van der Waals surface area contributed by atoms with E-state index in [1.165, 1.54) is 0 Å². The number of benzene rings is 1. The highest BCUT2D eigenvalue weighted by Gasteiger charge is 2.19. The summed E-state index contributed by atoms with van der Waals surface area (Å²) >= 11 is 0. The van der Waals surface area contributed by atoms with E-state index in [2.05, 4.69) is 5.32 Å². The molecule has 0 aromatic heterocycles. The molecule has 1 atom stereocenters. The number of carbonyl (C=O) groups excluding carboxylic acids is 1. The van der Waals surface area contributed by atoms with E-state index in [-0.39, 0.29) is 18.5 Å². The molecule has 0 radical (unpaired) electrons. The Balaban J connectivity index is 2.73. The van der Waals surface area contributed by atoms with Crippen LogP contribution in [0.4, 0.5) is 10.5 Å². The van der Waals surface area contributed by atoms with Crippen molar-refractivity contribution >= 4 is 17.7 Å². The zero-order chi connectivity index (χ0) is 15.0. The lowest BCUT2D eigenvalue weighted by Gasteiger charge is -2.25. The van der Waals surface area contributed by atoms with Crippen molar-refractivity contribution in [3.05, 3.63) is 30.3 Å². The molecule has 5 heteroatoms. The molecule has 0 aliphatic carbocycles. The number of carbonyl (C=O) groups is 2. The van der Waals surface area contributed by atoms with E-state index in [9.17, 15) is 9.59 Å². The summed E-state index contributed by atoms with van der Waals surface area (Å²) in [5.74, 6) is -0.897. The topological polar surface area (TPSA) is 69.6 Å². The number of amides is 2. The standard InChI is InChI=1S/C15H22N2O3/c1-3-8-12(11-14(18)19)16-15(20)17(4-2)13-9-6-5-7-10-13/h5-7,9-10,12H,3-4,8,11H2,1-2H3,(H,16,20)(H,18,19). The third-order valence-electron chi connectivity index (χ3n) is 3.02. The fourth-order valence-corrected chi connectivity index (χ4v) is 2.09. The lowest BCUT2D eigenvalue weighted by molar-refractivity contribution is -0.137. The van der Waals surface area contributed by atoms with Crippen LogP contribution in [0.3, 0.4) is 0 Å². The second-order valence-corrected chi connectivity index (χ2v) is 4.61. The number of rotatable bonds is 7. The monoisotopic (exact) mass is 278 g/mol. The Morgan fingerprint density at radius 1 is 1.25 bits per heavy atom. The Morgan fingerprint density at radius 3 is 2.40 bits per heavy atom. The highest BCUT2D eigenvalue weighted by Crippen LogP contribution is 2.13. The minimum atomic E-state index is -0.897. The molecule has 0 aliphatic rings. The highest BCUT2D eigenvalue weighted by molar-refractivity contribution is 5.92. The Hall–Kier alpha value is -2.04. The van der Waals surface area contributed by atoms with E-state index in [1.54, 1.807) is 4.90 Å². The van der Waals surface area contributed by atoms with Crippen LogP contribution in [0, 0.1) is 0 Å². The van der Waals surface area contributed by atoms with Gasteiger partial charge in [0.2, 0.25) is 0 Å². The third kappa shape index (κ3) is 4.91. The van der Waals surface area contributed by atoms with Crippen LogP contribution < -0.4 is 10.2 Å². The smallest absolute Gasteiger partial charge is 0.322 e. The summed E-state index contributed by atoms with van der Waals surface area (Å²) in [7, 11) is 0. The minimum absolute atomic E-state index is 0.0497. The van der Waals surface area contributed by atoms with Gasteiger partial charge in [-0.3, -0.25) is 9.69 Å². The summed E-state index contributed by atoms with van der Waals surface area (Å²) in [6.07, 6.45) is 1.44. The quantitative estimate of drug-likeness (QED) is 0.805. The fraction of sp³-hybridized carbons (Fsp3) is 0.467. The molecule has 1 aromatic rings. The van der Waals surface area contributed by atoms with Gasteiger partial charge in [-0.15, -0.1) is 0 Å². The average molecular weight is 278 g/mol. The van der Waals surface area contributed by atoms with Gasteiger partial charge in [-0.25, -0.2) is 4.79 Å². The Bertz CT molecular complexity index is 434. The molecule has 20 heavy (non-hydrogen) atoms. The number of hydrogen-bond donors (Lipinski definition) is 2. The molecule has 2 N–H and O–H groups in total. The second-order valence-electron chi connectivity index (χ2n) is 4.61. The molecule has 0 aliphatic heterocycles. The van der Waals surface area contributed by atoms with Crippen LogP contribution in [-0.2, 0) is 4.79 Å². The molecule has 0 bridgehead atoms. The number of carboxylic acid groups (broad SMARTS) is 1. The van der Waals surface area contributed by atoms with Crippen molar-refractivity contribution in [1.82, 2.24) is 5.32 Å². The number of urea groups is 1. The summed E-state index contributed by atoms with van der Waals surface area (Å²) in [6.45, 7) is 4.39. The van der Waals surface area contributed by atoms with Crippen LogP contribution in [0.5, 0.6) is 0 Å². The van der Waals surface area contributed by atoms with Gasteiger partial charge in [0, 0.05) is 18.3 Å². The number of para-hydroxylation sites is 1. The van der Waals surface area contributed by atoms with Crippen molar-refractivity contribution in [2.45, 2.75) is 39.2 Å². The Kier molecular flexibility index (Phi) is 6.56. The molecule has 5 nitrogen and oxygen atoms in total. The number of nitrogens with zero attached hydrogens (tertiary/aromatic N) is 1. The number of aliphatic carboxylic acids is 1. The molecular weight excluding hydrogens is 256 g/mol. The number of hydrogen-bond acceptors (Lipinski definition) is 2. The van der Waals surface area contributed by atoms with Gasteiger partial charge in [0.15, 0.2) is 0 Å². The second kappa shape index (κ2) is 8.19. The van der Waals surface area contributed by atoms with Gasteiger partial charge in [-0.05, 0) is 25.5 Å². The first-order valence-electron chi connectivity index (χ1n) is 6.93. The molecule has 110 valence electrons. The third-order valence-corrected chi connectivity index (χ3v) is 3.02. The molecule has 0 heterocycles. The molecule has 1 unspecified atom stereocenters. The first-order valence-corrected chi connectivity index (χ1v) is 6.93. The van der Waals surface area contributed by atoms with Crippen LogP contribution in [0.1, 0.15) is 33.1 Å². The van der Waals surface area contributed by atoms with Gasteiger partial charge in [0.1, 0.15) is 0 Å². The van der Waals surface area contributed by atoms with Crippen LogP contribution >= 0.6 is 0 Å². The predicted octanol–water partition coefficient (Wildman–Crippen LogP) is 2.87. The van der Waals surface area contributed by atoms with E-state index in [4.69, 9.17) is 5.11 Å². The largest absolute Gasteiger partial charge is 0.481 e. The van der Waals surface area contributed by atoms with Gasteiger partial charge in [0.25, 0.3) is 0 Å².